The van der Waals surface area contributed by atoms with E-state index in [2.05, 4.69) is 4.99 Å². The number of hydrogen-bond donors (Lipinski definition) is 1. The topological polar surface area (TPSA) is 45.6 Å². The van der Waals surface area contributed by atoms with Crippen molar-refractivity contribution in [3.05, 3.63) is 83.2 Å². The van der Waals surface area contributed by atoms with Crippen LogP contribution in [0, 0.1) is 0 Å². The predicted octanol–water partition coefficient (Wildman–Crippen LogP) is 3.84. The summed E-state index contributed by atoms with van der Waals surface area (Å²) in [7, 11) is 0. The molecule has 0 fully saturated rings. The van der Waals surface area contributed by atoms with Crippen LogP contribution in [0.4, 0.5) is 5.69 Å². The molecular weight excluding hydrogens is 374 g/mol. The van der Waals surface area contributed by atoms with E-state index in [9.17, 15) is 0 Å². The quantitative estimate of drug-likeness (QED) is 0.565. The smallest absolute Gasteiger partial charge is 0.218 e. The molecule has 4 nitrogen and oxygen atoms in total. The van der Waals surface area contributed by atoms with Crippen LogP contribution in [0.25, 0.3) is 22.3 Å². The summed E-state index contributed by atoms with van der Waals surface area (Å²) < 4.78 is 17.4. The highest BCUT2D eigenvalue weighted by Crippen LogP contribution is 2.31. The number of halogens is 1. The molecule has 0 radical (unpaired) electrons. The van der Waals surface area contributed by atoms with Gasteiger partial charge in [-0.3, -0.25) is 0 Å². The normalized spacial score (nSPS) is 13.7. The zero-order chi connectivity index (χ0) is 18.9. The van der Waals surface area contributed by atoms with Gasteiger partial charge in [0.25, 0.3) is 0 Å². The fourth-order valence-electron chi connectivity index (χ4n) is 3.28. The summed E-state index contributed by atoms with van der Waals surface area (Å²) in [5.41, 5.74) is 2.66. The van der Waals surface area contributed by atoms with E-state index in [1.54, 1.807) is 0 Å². The predicted molar refractivity (Wildman–Crippen MR) is 108 cm³/mol. The van der Waals surface area contributed by atoms with Crippen molar-refractivity contribution >= 4 is 28.3 Å². The summed E-state index contributed by atoms with van der Waals surface area (Å²) >= 11 is 6.24. The molecule has 3 aromatic carbocycles. The van der Waals surface area contributed by atoms with Crippen molar-refractivity contribution in [2.75, 3.05) is 13.2 Å². The molecule has 28 heavy (non-hydrogen) atoms. The molecule has 0 spiro atoms. The van der Waals surface area contributed by atoms with Crippen LogP contribution in [-0.4, -0.2) is 13.2 Å². The van der Waals surface area contributed by atoms with Crippen LogP contribution in [0.2, 0.25) is 5.02 Å². The molecular formula is C23H17ClNO3+. The molecule has 1 aromatic heterocycles. The standard InChI is InChI=1S/C23H16ClNO3/c24-16-6-8-20-18(12-16)19(14-22(28-20)15-4-2-1-3-5-15)25-17-7-9-21-23(13-17)27-11-10-26-21/h1-9,12-14H,10-11H2/p+1. The first-order valence-electron chi connectivity index (χ1n) is 9.05. The molecule has 2 heterocycles. The van der Waals surface area contributed by atoms with E-state index in [4.69, 9.17) is 25.5 Å². The Bertz CT molecular complexity index is 1230. The maximum absolute atomic E-state index is 6.24. The highest BCUT2D eigenvalue weighted by atomic mass is 35.5. The Labute approximate surface area is 166 Å². The van der Waals surface area contributed by atoms with E-state index >= 15 is 0 Å². The summed E-state index contributed by atoms with van der Waals surface area (Å²) in [5.74, 6) is 2.27. The lowest BCUT2D eigenvalue weighted by atomic mass is 10.1. The first-order valence-corrected chi connectivity index (χ1v) is 9.42. The Balaban J connectivity index is 1.73. The van der Waals surface area contributed by atoms with Crippen molar-refractivity contribution in [2.45, 2.75) is 0 Å². The Morgan fingerprint density at radius 1 is 0.786 bits per heavy atom. The highest BCUT2D eigenvalue weighted by Gasteiger charge is 2.15. The van der Waals surface area contributed by atoms with Gasteiger partial charge >= 0.3 is 0 Å². The van der Waals surface area contributed by atoms with Crippen molar-refractivity contribution in [2.24, 2.45) is 0 Å². The third-order valence-corrected chi connectivity index (χ3v) is 4.84. The van der Waals surface area contributed by atoms with Crippen LogP contribution in [0.15, 0.2) is 77.2 Å². The molecule has 1 aliphatic rings. The number of hydrogen-bond acceptors (Lipinski definition) is 3. The van der Waals surface area contributed by atoms with Gasteiger partial charge in [0, 0.05) is 16.7 Å². The monoisotopic (exact) mass is 390 g/mol. The lowest BCUT2D eigenvalue weighted by Crippen LogP contribution is -2.70. The fourth-order valence-corrected chi connectivity index (χ4v) is 3.46. The molecule has 0 unspecified atom stereocenters. The van der Waals surface area contributed by atoms with E-state index in [1.165, 1.54) is 0 Å². The average molecular weight is 391 g/mol. The molecule has 0 amide bonds. The highest BCUT2D eigenvalue weighted by molar-refractivity contribution is 6.31. The van der Waals surface area contributed by atoms with Crippen LogP contribution < -0.4 is 19.8 Å². The molecule has 0 atom stereocenters. The fraction of sp³-hybridized carbons (Fsp3) is 0.0870. The first-order chi connectivity index (χ1) is 13.8. The summed E-state index contributed by atoms with van der Waals surface area (Å²) in [5, 5.41) is 2.46. The number of ether oxygens (including phenoxy) is 2. The van der Waals surface area contributed by atoms with Gasteiger partial charge in [-0.25, -0.2) is 4.99 Å². The second-order valence-electron chi connectivity index (χ2n) is 6.51. The largest absolute Gasteiger partial charge is 0.486 e. The Morgan fingerprint density at radius 3 is 2.46 bits per heavy atom. The van der Waals surface area contributed by atoms with Crippen molar-refractivity contribution in [1.82, 2.24) is 0 Å². The average Bonchev–Trinajstić information content (AvgIpc) is 2.74. The van der Waals surface area contributed by atoms with Gasteiger partial charge in [-0.05, 0) is 24.3 Å². The van der Waals surface area contributed by atoms with E-state index in [-0.39, 0.29) is 0 Å². The maximum atomic E-state index is 6.24. The van der Waals surface area contributed by atoms with Gasteiger partial charge in [0.2, 0.25) is 11.0 Å². The zero-order valence-corrected chi connectivity index (χ0v) is 15.7. The van der Waals surface area contributed by atoms with Gasteiger partial charge in [0.15, 0.2) is 11.5 Å². The molecule has 138 valence electrons. The van der Waals surface area contributed by atoms with Crippen molar-refractivity contribution in [1.29, 1.82) is 0 Å². The van der Waals surface area contributed by atoms with E-state index in [0.29, 0.717) is 18.2 Å². The third-order valence-electron chi connectivity index (χ3n) is 4.61. The first kappa shape index (κ1) is 16.9. The van der Waals surface area contributed by atoms with Crippen LogP contribution >= 0.6 is 11.6 Å². The van der Waals surface area contributed by atoms with Crippen LogP contribution in [0.5, 0.6) is 11.5 Å². The van der Waals surface area contributed by atoms with Crippen molar-refractivity contribution in [3.8, 4) is 22.8 Å². The van der Waals surface area contributed by atoms with Crippen LogP contribution in [0.3, 0.4) is 0 Å². The third kappa shape index (κ3) is 3.23. The van der Waals surface area contributed by atoms with E-state index in [0.717, 1.165) is 44.8 Å². The molecule has 5 heteroatoms. The molecule has 0 aliphatic carbocycles. The van der Waals surface area contributed by atoms with Gasteiger partial charge in [-0.1, -0.05) is 41.9 Å². The van der Waals surface area contributed by atoms with Gasteiger partial charge in [-0.15, -0.1) is 0 Å². The molecule has 4 aromatic rings. The number of rotatable bonds is 2. The molecule has 0 saturated carbocycles. The van der Waals surface area contributed by atoms with Gasteiger partial charge in [-0.2, -0.15) is 0 Å². The molecule has 1 N–H and O–H groups in total. The number of nitrogens with one attached hydrogen (secondary N) is 1. The zero-order valence-electron chi connectivity index (χ0n) is 14.9. The molecule has 0 saturated heterocycles. The van der Waals surface area contributed by atoms with Gasteiger partial charge < -0.3 is 13.9 Å². The Morgan fingerprint density at radius 2 is 1.61 bits per heavy atom. The van der Waals surface area contributed by atoms with Gasteiger partial charge in [0.05, 0.1) is 17.5 Å². The Kier molecular flexibility index (Phi) is 4.26. The Hall–Kier alpha value is -3.24. The summed E-state index contributed by atoms with van der Waals surface area (Å²) in [6, 6.07) is 23.4. The lowest BCUT2D eigenvalue weighted by Gasteiger charge is -2.17. The molecule has 5 rings (SSSR count). The number of fused-ring (bicyclic) bond motifs is 2. The summed E-state index contributed by atoms with van der Waals surface area (Å²) in [6.07, 6.45) is 0. The van der Waals surface area contributed by atoms with Crippen LogP contribution in [0.1, 0.15) is 0 Å². The molecule has 0 bridgehead atoms. The second kappa shape index (κ2) is 7.06. The van der Waals surface area contributed by atoms with Crippen molar-refractivity contribution < 1.29 is 18.9 Å². The minimum Gasteiger partial charge on any atom is -0.486 e. The molecule has 1 aliphatic heterocycles. The second-order valence-corrected chi connectivity index (χ2v) is 6.95. The maximum Gasteiger partial charge on any atom is 0.218 e. The summed E-state index contributed by atoms with van der Waals surface area (Å²) in [6.45, 7) is 1.13. The van der Waals surface area contributed by atoms with E-state index < -0.39 is 0 Å². The van der Waals surface area contributed by atoms with E-state index in [1.807, 2.05) is 72.8 Å². The van der Waals surface area contributed by atoms with Gasteiger partial charge in [0.1, 0.15) is 24.6 Å². The minimum absolute atomic E-state index is 0.553. The number of benzene rings is 3. The minimum atomic E-state index is 0.553. The SMILES string of the molecule is Clc1ccc2oc(-c3ccccc3)cc(=[NH+]c3ccc4c(c3)OCCO4)c2c1. The van der Waals surface area contributed by atoms with Crippen molar-refractivity contribution in [3.63, 3.8) is 0 Å². The lowest BCUT2D eigenvalue weighted by molar-refractivity contribution is -0.401. The van der Waals surface area contributed by atoms with Crippen LogP contribution in [-0.2, 0) is 0 Å². The summed E-state index contributed by atoms with van der Waals surface area (Å²) in [4.78, 5) is 3.48.